The van der Waals surface area contributed by atoms with E-state index >= 15 is 0 Å². The minimum atomic E-state index is -0.0786. The first kappa shape index (κ1) is 21.8. The monoisotopic (exact) mass is 394 g/mol. The fraction of sp³-hybridized carbons (Fsp3) is 0.304. The summed E-state index contributed by atoms with van der Waals surface area (Å²) in [6.07, 6.45) is 3.32. The zero-order valence-electron chi connectivity index (χ0n) is 17.1. The van der Waals surface area contributed by atoms with Gasteiger partial charge in [-0.15, -0.1) is 0 Å². The van der Waals surface area contributed by atoms with Gasteiger partial charge in [-0.05, 0) is 55.3 Å². The predicted octanol–water partition coefficient (Wildman–Crippen LogP) is 4.06. The number of ether oxygens (including phenoxy) is 3. The Morgan fingerprint density at radius 3 is 2.48 bits per heavy atom. The number of hydrogen-bond acceptors (Lipinski definition) is 5. The maximum absolute atomic E-state index is 12.6. The Hall–Kier alpha value is -3.46. The molecular formula is C23H26N2O4. The predicted molar refractivity (Wildman–Crippen MR) is 112 cm³/mol. The zero-order chi connectivity index (χ0) is 21.1. The van der Waals surface area contributed by atoms with Crippen molar-refractivity contribution in [1.29, 1.82) is 5.26 Å². The molecule has 6 nitrogen and oxygen atoms in total. The molecule has 152 valence electrons. The van der Waals surface area contributed by atoms with E-state index < -0.39 is 0 Å². The number of benzene rings is 2. The van der Waals surface area contributed by atoms with Gasteiger partial charge in [-0.1, -0.05) is 18.2 Å². The molecule has 0 spiro atoms. The van der Waals surface area contributed by atoms with Gasteiger partial charge in [0.25, 0.3) is 0 Å². The van der Waals surface area contributed by atoms with Gasteiger partial charge in [-0.2, -0.15) is 5.26 Å². The lowest BCUT2D eigenvalue weighted by atomic mass is 10.1. The maximum atomic E-state index is 12.6. The van der Waals surface area contributed by atoms with Crippen molar-refractivity contribution in [2.45, 2.75) is 20.4 Å². The Morgan fingerprint density at radius 1 is 1.10 bits per heavy atom. The molecule has 0 N–H and O–H groups in total. The third kappa shape index (κ3) is 6.58. The van der Waals surface area contributed by atoms with E-state index in [9.17, 15) is 4.79 Å². The lowest BCUT2D eigenvalue weighted by molar-refractivity contribution is -0.126. The molecule has 0 fully saturated rings. The Bertz CT molecular complexity index is 869. The lowest BCUT2D eigenvalue weighted by Crippen LogP contribution is -2.28. The van der Waals surface area contributed by atoms with Gasteiger partial charge >= 0.3 is 0 Å². The van der Waals surface area contributed by atoms with Crippen molar-refractivity contribution in [2.24, 2.45) is 0 Å². The van der Waals surface area contributed by atoms with Crippen molar-refractivity contribution >= 4 is 12.0 Å². The molecule has 0 bridgehead atoms. The highest BCUT2D eigenvalue weighted by atomic mass is 16.5. The Balaban J connectivity index is 2.03. The van der Waals surface area contributed by atoms with E-state index in [1.807, 2.05) is 50.2 Å². The van der Waals surface area contributed by atoms with Crippen LogP contribution in [-0.2, 0) is 11.3 Å². The summed E-state index contributed by atoms with van der Waals surface area (Å²) in [6, 6.07) is 14.8. The number of nitriles is 1. The number of likely N-dealkylation sites (N-methyl/N-ethyl adjacent to an activating group) is 1. The molecule has 0 heterocycles. The fourth-order valence-corrected chi connectivity index (χ4v) is 2.71. The van der Waals surface area contributed by atoms with Crippen molar-refractivity contribution < 1.29 is 19.0 Å². The SMILES string of the molecule is CCOc1ccc(CN(CC)C(=O)/C=C/c2ccc(OCC#N)cc2)cc1OC. The first-order valence-corrected chi connectivity index (χ1v) is 9.47. The number of carbonyl (C=O) groups is 1. The van der Waals surface area contributed by atoms with Crippen molar-refractivity contribution in [1.82, 2.24) is 4.90 Å². The summed E-state index contributed by atoms with van der Waals surface area (Å²) in [5, 5.41) is 8.53. The molecule has 2 aromatic rings. The third-order valence-electron chi connectivity index (χ3n) is 4.20. The van der Waals surface area contributed by atoms with Crippen LogP contribution in [0.25, 0.3) is 6.08 Å². The van der Waals surface area contributed by atoms with Gasteiger partial charge in [0.2, 0.25) is 5.91 Å². The van der Waals surface area contributed by atoms with E-state index in [1.54, 1.807) is 36.3 Å². The van der Waals surface area contributed by atoms with Crippen LogP contribution in [0.1, 0.15) is 25.0 Å². The van der Waals surface area contributed by atoms with Crippen LogP contribution in [0.15, 0.2) is 48.5 Å². The molecule has 0 aliphatic heterocycles. The standard InChI is InChI=1S/C23H26N2O4/c1-4-25(17-19-8-12-21(28-5-2)22(16-19)27-3)23(26)13-9-18-6-10-20(11-7-18)29-15-14-24/h6-13,16H,4-5,15,17H2,1-3H3/b13-9+. The van der Waals surface area contributed by atoms with Crippen LogP contribution < -0.4 is 14.2 Å². The lowest BCUT2D eigenvalue weighted by Gasteiger charge is -2.20. The average Bonchev–Trinajstić information content (AvgIpc) is 2.76. The smallest absolute Gasteiger partial charge is 0.246 e. The molecule has 0 aromatic heterocycles. The summed E-state index contributed by atoms with van der Waals surface area (Å²) in [5.74, 6) is 1.89. The molecule has 0 aliphatic rings. The summed E-state index contributed by atoms with van der Waals surface area (Å²) < 4.78 is 16.1. The van der Waals surface area contributed by atoms with E-state index in [0.29, 0.717) is 36.9 Å². The molecular weight excluding hydrogens is 368 g/mol. The van der Waals surface area contributed by atoms with Gasteiger partial charge in [-0.3, -0.25) is 4.79 Å². The molecule has 0 saturated carbocycles. The van der Waals surface area contributed by atoms with Gasteiger partial charge in [-0.25, -0.2) is 0 Å². The molecule has 0 saturated heterocycles. The quantitative estimate of drug-likeness (QED) is 0.568. The van der Waals surface area contributed by atoms with E-state index in [-0.39, 0.29) is 12.5 Å². The fourth-order valence-electron chi connectivity index (χ4n) is 2.71. The van der Waals surface area contributed by atoms with E-state index in [1.165, 1.54) is 0 Å². The van der Waals surface area contributed by atoms with Gasteiger partial charge in [0, 0.05) is 19.2 Å². The Labute approximate surface area is 171 Å². The van der Waals surface area contributed by atoms with Crippen LogP contribution in [0.4, 0.5) is 0 Å². The van der Waals surface area contributed by atoms with Crippen molar-refractivity contribution in [2.75, 3.05) is 26.9 Å². The summed E-state index contributed by atoms with van der Waals surface area (Å²) in [6.45, 7) is 5.49. The number of amides is 1. The van der Waals surface area contributed by atoms with E-state index in [0.717, 1.165) is 11.1 Å². The molecule has 1 amide bonds. The summed E-state index contributed by atoms with van der Waals surface area (Å²) in [5.41, 5.74) is 1.84. The molecule has 0 unspecified atom stereocenters. The Morgan fingerprint density at radius 2 is 1.86 bits per heavy atom. The molecule has 0 aliphatic carbocycles. The van der Waals surface area contributed by atoms with E-state index in [4.69, 9.17) is 19.5 Å². The second-order valence-corrected chi connectivity index (χ2v) is 6.12. The normalized spacial score (nSPS) is 10.4. The average molecular weight is 394 g/mol. The second-order valence-electron chi connectivity index (χ2n) is 6.12. The molecule has 0 radical (unpaired) electrons. The Kier molecular flexibility index (Phi) is 8.58. The van der Waals surface area contributed by atoms with Crippen LogP contribution in [-0.4, -0.2) is 37.7 Å². The number of hydrogen-bond donors (Lipinski definition) is 0. The first-order chi connectivity index (χ1) is 14.1. The van der Waals surface area contributed by atoms with Crippen LogP contribution in [0.2, 0.25) is 0 Å². The van der Waals surface area contributed by atoms with Crippen LogP contribution in [0.5, 0.6) is 17.2 Å². The van der Waals surface area contributed by atoms with Crippen LogP contribution >= 0.6 is 0 Å². The first-order valence-electron chi connectivity index (χ1n) is 9.47. The number of carbonyl (C=O) groups excluding carboxylic acids is 1. The largest absolute Gasteiger partial charge is 0.493 e. The molecule has 6 heteroatoms. The summed E-state index contributed by atoms with van der Waals surface area (Å²) in [7, 11) is 1.60. The minimum Gasteiger partial charge on any atom is -0.493 e. The summed E-state index contributed by atoms with van der Waals surface area (Å²) >= 11 is 0. The maximum Gasteiger partial charge on any atom is 0.246 e. The molecule has 29 heavy (non-hydrogen) atoms. The van der Waals surface area contributed by atoms with Gasteiger partial charge in [0.15, 0.2) is 18.1 Å². The van der Waals surface area contributed by atoms with Crippen molar-refractivity contribution in [3.8, 4) is 23.3 Å². The van der Waals surface area contributed by atoms with Crippen molar-refractivity contribution in [3.05, 3.63) is 59.7 Å². The van der Waals surface area contributed by atoms with Crippen LogP contribution in [0, 0.1) is 11.3 Å². The number of nitrogens with zero attached hydrogens (tertiary/aromatic N) is 2. The highest BCUT2D eigenvalue weighted by Gasteiger charge is 2.12. The topological polar surface area (TPSA) is 71.8 Å². The van der Waals surface area contributed by atoms with Crippen LogP contribution in [0.3, 0.4) is 0 Å². The van der Waals surface area contributed by atoms with E-state index in [2.05, 4.69) is 0 Å². The van der Waals surface area contributed by atoms with Gasteiger partial charge in [0.05, 0.1) is 13.7 Å². The second kappa shape index (κ2) is 11.4. The van der Waals surface area contributed by atoms with Gasteiger partial charge < -0.3 is 19.1 Å². The molecule has 2 aromatic carbocycles. The highest BCUT2D eigenvalue weighted by molar-refractivity contribution is 5.91. The van der Waals surface area contributed by atoms with Gasteiger partial charge in [0.1, 0.15) is 11.8 Å². The molecule has 2 rings (SSSR count). The zero-order valence-corrected chi connectivity index (χ0v) is 17.1. The van der Waals surface area contributed by atoms with Crippen molar-refractivity contribution in [3.63, 3.8) is 0 Å². The number of rotatable bonds is 10. The number of methoxy groups -OCH3 is 1. The molecule has 0 atom stereocenters. The summed E-state index contributed by atoms with van der Waals surface area (Å²) in [4.78, 5) is 14.4. The minimum absolute atomic E-state index is 0.00939. The third-order valence-corrected chi connectivity index (χ3v) is 4.20. The highest BCUT2D eigenvalue weighted by Crippen LogP contribution is 2.28.